The van der Waals surface area contributed by atoms with E-state index in [-0.39, 0.29) is 17.9 Å². The lowest BCUT2D eigenvalue weighted by Gasteiger charge is -2.34. The van der Waals surface area contributed by atoms with E-state index >= 15 is 0 Å². The fraction of sp³-hybridized carbons (Fsp3) is 0.476. The minimum atomic E-state index is -0.743. The Hall–Kier alpha value is -4.82. The van der Waals surface area contributed by atoms with Crippen LogP contribution in [0, 0.1) is 10.8 Å². The largest absolute Gasteiger partial charge is 0.453 e. The maximum absolute atomic E-state index is 13.7. The third kappa shape index (κ3) is 10.1. The highest BCUT2D eigenvalue weighted by atomic mass is 32.1. The molecule has 0 aliphatic carbocycles. The molecule has 5 rings (SSSR count). The van der Waals surface area contributed by atoms with Crippen molar-refractivity contribution in [3.63, 3.8) is 0 Å². The molecule has 0 unspecified atom stereocenters. The lowest BCUT2D eigenvalue weighted by Crippen LogP contribution is -2.54. The summed E-state index contributed by atoms with van der Waals surface area (Å²) >= 11 is 3.14. The highest BCUT2D eigenvalue weighted by Gasteiger charge is 2.41. The van der Waals surface area contributed by atoms with Gasteiger partial charge in [-0.05, 0) is 52.3 Å². The van der Waals surface area contributed by atoms with E-state index in [0.29, 0.717) is 19.6 Å². The summed E-state index contributed by atoms with van der Waals surface area (Å²) in [6, 6.07) is 15.1. The van der Waals surface area contributed by atoms with Gasteiger partial charge in [0.05, 0.1) is 36.6 Å². The minimum absolute atomic E-state index is 0.125. The number of methoxy groups -OCH3 is 2. The number of rotatable bonds is 12. The fourth-order valence-corrected chi connectivity index (χ4v) is 8.74. The number of likely N-dealkylation sites (tertiary alicyclic amines) is 1. The zero-order chi connectivity index (χ0) is 40.8. The normalized spacial score (nSPS) is 15.5. The van der Waals surface area contributed by atoms with Crippen LogP contribution in [0.4, 0.5) is 9.59 Å². The molecule has 14 heteroatoms. The Bertz CT molecular complexity index is 1980. The Morgan fingerprint density at radius 3 is 1.80 bits per heavy atom. The van der Waals surface area contributed by atoms with Gasteiger partial charge in [0.25, 0.3) is 0 Å². The molecule has 3 atom stereocenters. The van der Waals surface area contributed by atoms with Gasteiger partial charge in [-0.3, -0.25) is 9.59 Å². The van der Waals surface area contributed by atoms with Gasteiger partial charge in [-0.15, -0.1) is 22.7 Å². The topological polar surface area (TPSA) is 143 Å². The molecule has 56 heavy (non-hydrogen) atoms. The first kappa shape index (κ1) is 42.3. The quantitative estimate of drug-likeness (QED) is 0.145. The first-order valence-electron chi connectivity index (χ1n) is 18.9. The fourth-order valence-electron chi connectivity index (χ4n) is 6.73. The molecule has 2 N–H and O–H groups in total. The molecule has 2 aromatic carbocycles. The number of amides is 4. The molecule has 0 saturated carbocycles. The van der Waals surface area contributed by atoms with Gasteiger partial charge < -0.3 is 29.9 Å². The first-order valence-corrected chi connectivity index (χ1v) is 20.6. The second-order valence-corrected chi connectivity index (χ2v) is 18.3. The van der Waals surface area contributed by atoms with Crippen molar-refractivity contribution in [3.05, 3.63) is 70.9 Å². The number of alkyl carbamates (subject to hydrolysis) is 2. The van der Waals surface area contributed by atoms with Crippen LogP contribution in [0.25, 0.3) is 32.0 Å². The van der Waals surface area contributed by atoms with Crippen molar-refractivity contribution < 1.29 is 28.7 Å². The van der Waals surface area contributed by atoms with Crippen LogP contribution >= 0.6 is 22.7 Å². The van der Waals surface area contributed by atoms with Gasteiger partial charge in [0.15, 0.2) is 0 Å². The monoisotopic (exact) mass is 802 g/mol. The Labute approximate surface area is 338 Å². The number of benzene rings is 2. The Morgan fingerprint density at radius 2 is 1.29 bits per heavy atom. The number of aromatic nitrogens is 2. The number of carbonyl (C=O) groups is 4. The number of carbonyl (C=O) groups excluding carboxylic acids is 4. The van der Waals surface area contributed by atoms with E-state index in [4.69, 9.17) is 14.5 Å². The average molecular weight is 803 g/mol. The van der Waals surface area contributed by atoms with Gasteiger partial charge in [-0.25, -0.2) is 19.6 Å². The van der Waals surface area contributed by atoms with Crippen LogP contribution in [-0.4, -0.2) is 83.2 Å². The van der Waals surface area contributed by atoms with Crippen molar-refractivity contribution in [2.45, 2.75) is 92.4 Å². The predicted octanol–water partition coefficient (Wildman–Crippen LogP) is 8.54. The molecule has 1 aliphatic rings. The molecule has 0 radical (unpaired) electrons. The third-order valence-corrected chi connectivity index (χ3v) is 12.0. The molecular formula is C42H54N6O6S2. The second kappa shape index (κ2) is 18.0. The van der Waals surface area contributed by atoms with Crippen LogP contribution in [-0.2, 0) is 25.6 Å². The summed E-state index contributed by atoms with van der Waals surface area (Å²) in [6.45, 7) is 15.1. The maximum Gasteiger partial charge on any atom is 0.407 e. The molecule has 2 aromatic heterocycles. The average Bonchev–Trinajstić information content (AvgIpc) is 3.96. The lowest BCUT2D eigenvalue weighted by molar-refractivity contribution is -0.137. The Balaban J connectivity index is 1.25. The van der Waals surface area contributed by atoms with Crippen molar-refractivity contribution in [3.8, 4) is 32.0 Å². The SMILES string of the molecule is CCCN(Cc1ncc(-c2ccc(-c3ccc(-c4cnc([C@@H]5CCCN5C(=O)[C@@H](NC(=O)OC)C(C)(C)C)s4)cc3)cc2)s1)C(=O)[C@@H](NC(=O)OC)C(C)(C)C. The number of hydrogen-bond donors (Lipinski definition) is 2. The van der Waals surface area contributed by atoms with E-state index in [2.05, 4.69) is 64.1 Å². The molecule has 300 valence electrons. The smallest absolute Gasteiger partial charge is 0.407 e. The van der Waals surface area contributed by atoms with Crippen LogP contribution in [0.3, 0.4) is 0 Å². The summed E-state index contributed by atoms with van der Waals surface area (Å²) in [4.78, 5) is 66.6. The van der Waals surface area contributed by atoms with Gasteiger partial charge in [0.1, 0.15) is 22.1 Å². The number of thiazole rings is 2. The lowest BCUT2D eigenvalue weighted by atomic mass is 9.85. The Kier molecular flexibility index (Phi) is 13.6. The van der Waals surface area contributed by atoms with Gasteiger partial charge >= 0.3 is 12.2 Å². The molecular weight excluding hydrogens is 749 g/mol. The van der Waals surface area contributed by atoms with E-state index in [1.54, 1.807) is 27.6 Å². The molecule has 0 bridgehead atoms. The van der Waals surface area contributed by atoms with E-state index in [1.807, 2.05) is 65.8 Å². The number of ether oxygens (including phenoxy) is 2. The van der Waals surface area contributed by atoms with E-state index in [9.17, 15) is 19.2 Å². The molecule has 1 saturated heterocycles. The first-order chi connectivity index (χ1) is 26.5. The van der Waals surface area contributed by atoms with Crippen molar-refractivity contribution >= 4 is 46.7 Å². The summed E-state index contributed by atoms with van der Waals surface area (Å²) in [5.41, 5.74) is 3.23. The summed E-state index contributed by atoms with van der Waals surface area (Å²) in [6.07, 6.45) is 4.92. The van der Waals surface area contributed by atoms with E-state index in [1.165, 1.54) is 14.2 Å². The predicted molar refractivity (Wildman–Crippen MR) is 221 cm³/mol. The summed E-state index contributed by atoms with van der Waals surface area (Å²) < 4.78 is 9.60. The van der Waals surface area contributed by atoms with Crippen molar-refractivity contribution in [1.29, 1.82) is 0 Å². The number of hydrogen-bond acceptors (Lipinski definition) is 10. The molecule has 1 aliphatic heterocycles. The van der Waals surface area contributed by atoms with Crippen molar-refractivity contribution in [2.75, 3.05) is 27.3 Å². The van der Waals surface area contributed by atoms with E-state index < -0.39 is 35.1 Å². The van der Waals surface area contributed by atoms with E-state index in [0.717, 1.165) is 61.3 Å². The second-order valence-electron chi connectivity index (χ2n) is 16.2. The van der Waals surface area contributed by atoms with Crippen LogP contribution in [0.15, 0.2) is 60.9 Å². The Morgan fingerprint density at radius 1 is 0.786 bits per heavy atom. The highest BCUT2D eigenvalue weighted by molar-refractivity contribution is 7.15. The molecule has 12 nitrogen and oxygen atoms in total. The summed E-state index contributed by atoms with van der Waals surface area (Å²) in [5.74, 6) is -0.291. The molecule has 3 heterocycles. The van der Waals surface area contributed by atoms with Crippen molar-refractivity contribution in [1.82, 2.24) is 30.4 Å². The number of nitrogens with zero attached hydrogens (tertiary/aromatic N) is 4. The van der Waals surface area contributed by atoms with Crippen LogP contribution < -0.4 is 10.6 Å². The van der Waals surface area contributed by atoms with Crippen LogP contribution in [0.1, 0.15) is 83.8 Å². The zero-order valence-corrected chi connectivity index (χ0v) is 35.4. The summed E-state index contributed by atoms with van der Waals surface area (Å²) in [5, 5.41) is 7.17. The molecule has 4 aromatic rings. The zero-order valence-electron chi connectivity index (χ0n) is 33.8. The highest BCUT2D eigenvalue weighted by Crippen LogP contribution is 2.39. The van der Waals surface area contributed by atoms with Gasteiger partial charge in [0.2, 0.25) is 11.8 Å². The third-order valence-electron chi connectivity index (χ3n) is 9.82. The molecule has 4 amide bonds. The molecule has 1 fully saturated rings. The minimum Gasteiger partial charge on any atom is -0.453 e. The van der Waals surface area contributed by atoms with Crippen LogP contribution in [0.5, 0.6) is 0 Å². The standard InChI is InChI=1S/C42H54N6O6S2/c1-10-21-47(37(49)34(41(2,3)4)45-39(51)53-8)25-33-43-23-31(55-33)28-17-13-26(14-18-28)27-15-19-29(20-16-27)32-24-44-36(56-32)30-12-11-22-48(30)38(50)35(42(5,6)7)46-40(52)54-9/h13-20,23-24,30,34-35H,10-12,21-22,25H2,1-9H3,(H,45,51)(H,46,52)/t30-,34+,35+/m0/s1. The van der Waals surface area contributed by atoms with Crippen molar-refractivity contribution in [2.24, 2.45) is 10.8 Å². The summed E-state index contributed by atoms with van der Waals surface area (Å²) in [7, 11) is 2.59. The number of nitrogens with one attached hydrogen (secondary N) is 2. The van der Waals surface area contributed by atoms with Gasteiger partial charge in [-0.2, -0.15) is 0 Å². The molecule has 0 spiro atoms. The maximum atomic E-state index is 13.7. The van der Waals surface area contributed by atoms with Gasteiger partial charge in [0, 0.05) is 25.5 Å². The van der Waals surface area contributed by atoms with Crippen LogP contribution in [0.2, 0.25) is 0 Å². The van der Waals surface area contributed by atoms with Gasteiger partial charge in [-0.1, -0.05) is 97.0 Å².